The number of likely N-dealkylation sites (tertiary alicyclic amines) is 1. The van der Waals surface area contributed by atoms with Crippen LogP contribution in [0, 0.1) is 0 Å². The molecule has 0 saturated carbocycles. The highest BCUT2D eigenvalue weighted by Crippen LogP contribution is 2.20. The van der Waals surface area contributed by atoms with Gasteiger partial charge < -0.3 is 14.4 Å². The Bertz CT molecular complexity index is 533. The molecule has 0 N–H and O–H groups in total. The molecule has 0 bridgehead atoms. The largest absolute Gasteiger partial charge is 0.458 e. The maximum absolute atomic E-state index is 12.5. The lowest BCUT2D eigenvalue weighted by Crippen LogP contribution is -2.53. The van der Waals surface area contributed by atoms with Gasteiger partial charge in [-0.1, -0.05) is 0 Å². The molecule has 22 heavy (non-hydrogen) atoms. The number of esters is 1. The van der Waals surface area contributed by atoms with E-state index in [-0.39, 0.29) is 12.0 Å². The summed E-state index contributed by atoms with van der Waals surface area (Å²) < 4.78 is 10.8. The van der Waals surface area contributed by atoms with Crippen LogP contribution in [-0.4, -0.2) is 51.5 Å². The van der Waals surface area contributed by atoms with Gasteiger partial charge in [-0.2, -0.15) is 0 Å². The summed E-state index contributed by atoms with van der Waals surface area (Å²) >= 11 is 0. The van der Waals surface area contributed by atoms with Gasteiger partial charge in [0.05, 0.1) is 6.54 Å². The molecule has 120 valence electrons. The monoisotopic (exact) mass is 307 g/mol. The fraction of sp³-hybridized carbons (Fsp3) is 0.600. The van der Waals surface area contributed by atoms with Crippen LogP contribution in [0.4, 0.5) is 0 Å². The van der Waals surface area contributed by atoms with E-state index in [1.807, 2.05) is 0 Å². The lowest BCUT2D eigenvalue weighted by atomic mass is 10.0. The zero-order valence-corrected chi connectivity index (χ0v) is 13.1. The molecule has 0 radical (unpaired) electrons. The summed E-state index contributed by atoms with van der Waals surface area (Å²) in [6.45, 7) is 5.55. The van der Waals surface area contributed by atoms with Gasteiger partial charge in [-0.25, -0.2) is 9.97 Å². The number of carbonyl (C=O) groups is 2. The number of rotatable bonds is 4. The molecule has 2 heterocycles. The molecule has 2 rings (SSSR count). The smallest absolute Gasteiger partial charge is 0.316 e. The number of aromatic nitrogens is 2. The highest BCUT2D eigenvalue weighted by molar-refractivity contribution is 5.86. The molecular formula is C15H21N3O4. The maximum Gasteiger partial charge on any atom is 0.316 e. The summed E-state index contributed by atoms with van der Waals surface area (Å²) in [5, 5.41) is 0. The van der Waals surface area contributed by atoms with E-state index < -0.39 is 11.6 Å². The minimum atomic E-state index is -1.17. The third-order valence-corrected chi connectivity index (χ3v) is 3.39. The van der Waals surface area contributed by atoms with E-state index in [1.54, 1.807) is 37.2 Å². The average molecular weight is 307 g/mol. The summed E-state index contributed by atoms with van der Waals surface area (Å²) in [6, 6.07) is 2.02. The second kappa shape index (κ2) is 6.72. The summed E-state index contributed by atoms with van der Waals surface area (Å²) in [6.07, 6.45) is 4.71. The Morgan fingerprint density at radius 1 is 1.32 bits per heavy atom. The number of hydrogen-bond donors (Lipinski definition) is 0. The molecule has 1 fully saturated rings. The minimum absolute atomic E-state index is 0.159. The number of amides is 1. The first kappa shape index (κ1) is 16.2. The molecule has 0 aromatic carbocycles. The number of hydrogen-bond acceptors (Lipinski definition) is 6. The van der Waals surface area contributed by atoms with E-state index in [0.717, 1.165) is 12.8 Å². The first-order valence-corrected chi connectivity index (χ1v) is 7.31. The van der Waals surface area contributed by atoms with E-state index in [2.05, 4.69) is 9.97 Å². The lowest BCUT2D eigenvalue weighted by molar-refractivity contribution is -0.169. The fourth-order valence-corrected chi connectivity index (χ4v) is 2.50. The summed E-state index contributed by atoms with van der Waals surface area (Å²) in [5.74, 6) is -0.689. The third kappa shape index (κ3) is 4.16. The molecule has 0 aliphatic carbocycles. The van der Waals surface area contributed by atoms with E-state index in [4.69, 9.17) is 9.47 Å². The average Bonchev–Trinajstić information content (AvgIpc) is 2.46. The van der Waals surface area contributed by atoms with Crippen molar-refractivity contribution in [2.45, 2.75) is 45.3 Å². The Morgan fingerprint density at radius 2 is 2.00 bits per heavy atom. The van der Waals surface area contributed by atoms with E-state index in [1.165, 1.54) is 6.92 Å². The highest BCUT2D eigenvalue weighted by Gasteiger charge is 2.37. The maximum atomic E-state index is 12.5. The quantitative estimate of drug-likeness (QED) is 0.777. The summed E-state index contributed by atoms with van der Waals surface area (Å²) in [7, 11) is 0. The van der Waals surface area contributed by atoms with Gasteiger partial charge in [0.1, 0.15) is 6.10 Å². The first-order chi connectivity index (χ1) is 10.4. The Kier molecular flexibility index (Phi) is 4.95. The molecular weight excluding hydrogens is 286 g/mol. The van der Waals surface area contributed by atoms with Crippen molar-refractivity contribution in [2.24, 2.45) is 0 Å². The van der Waals surface area contributed by atoms with Crippen molar-refractivity contribution < 1.29 is 19.1 Å². The predicted octanol–water partition coefficient (Wildman–Crippen LogP) is 1.19. The second-order valence-corrected chi connectivity index (χ2v) is 5.77. The number of ether oxygens (including phenoxy) is 2. The molecule has 1 saturated heterocycles. The topological polar surface area (TPSA) is 81.6 Å². The summed E-state index contributed by atoms with van der Waals surface area (Å²) in [5.41, 5.74) is -1.17. The molecule has 1 amide bonds. The van der Waals surface area contributed by atoms with Gasteiger partial charge in [-0.05, 0) is 32.8 Å². The van der Waals surface area contributed by atoms with Crippen LogP contribution in [0.1, 0.15) is 33.6 Å². The predicted molar refractivity (Wildman–Crippen MR) is 78.1 cm³/mol. The fourth-order valence-electron chi connectivity index (χ4n) is 2.50. The first-order valence-electron chi connectivity index (χ1n) is 7.31. The van der Waals surface area contributed by atoms with E-state index in [0.29, 0.717) is 19.1 Å². The highest BCUT2D eigenvalue weighted by atomic mass is 16.6. The molecule has 1 aromatic heterocycles. The van der Waals surface area contributed by atoms with Crippen molar-refractivity contribution in [3.05, 3.63) is 18.5 Å². The Labute approximate surface area is 129 Å². The Morgan fingerprint density at radius 3 is 2.64 bits per heavy atom. The molecule has 1 aromatic rings. The lowest BCUT2D eigenvalue weighted by Gasteiger charge is -2.36. The van der Waals surface area contributed by atoms with Crippen molar-refractivity contribution >= 4 is 11.9 Å². The van der Waals surface area contributed by atoms with Crippen molar-refractivity contribution in [3.8, 4) is 6.01 Å². The normalized spacial score (nSPS) is 18.7. The van der Waals surface area contributed by atoms with Crippen LogP contribution in [0.3, 0.4) is 0 Å². The van der Waals surface area contributed by atoms with Crippen molar-refractivity contribution in [2.75, 3.05) is 13.1 Å². The molecule has 0 spiro atoms. The van der Waals surface area contributed by atoms with Gasteiger partial charge in [-0.3, -0.25) is 9.59 Å². The van der Waals surface area contributed by atoms with Crippen LogP contribution in [0.5, 0.6) is 6.01 Å². The van der Waals surface area contributed by atoms with Gasteiger partial charge in [0.25, 0.3) is 5.91 Å². The van der Waals surface area contributed by atoms with Crippen LogP contribution in [-0.2, 0) is 14.3 Å². The molecule has 1 aliphatic rings. The minimum Gasteiger partial charge on any atom is -0.458 e. The molecule has 1 atom stereocenters. The SMILES string of the molecule is CC(=O)OC(C)(C)C(=O)N1CCCC(Oc2ncccn2)C1. The van der Waals surface area contributed by atoms with Gasteiger partial charge in [-0.15, -0.1) is 0 Å². The molecule has 1 unspecified atom stereocenters. The Hall–Kier alpha value is -2.18. The van der Waals surface area contributed by atoms with Crippen molar-refractivity contribution in [1.82, 2.24) is 14.9 Å². The van der Waals surface area contributed by atoms with Gasteiger partial charge in [0, 0.05) is 25.9 Å². The van der Waals surface area contributed by atoms with Crippen molar-refractivity contribution in [3.63, 3.8) is 0 Å². The van der Waals surface area contributed by atoms with Crippen LogP contribution in [0.25, 0.3) is 0 Å². The van der Waals surface area contributed by atoms with Crippen LogP contribution in [0.15, 0.2) is 18.5 Å². The zero-order valence-electron chi connectivity index (χ0n) is 13.1. The van der Waals surface area contributed by atoms with Gasteiger partial charge in [0.15, 0.2) is 5.60 Å². The second-order valence-electron chi connectivity index (χ2n) is 5.77. The Balaban J connectivity index is 1.98. The molecule has 7 heteroatoms. The standard InChI is InChI=1S/C15H21N3O4/c1-11(19)22-15(2,3)13(20)18-9-4-6-12(10-18)21-14-16-7-5-8-17-14/h5,7-8,12H,4,6,9-10H2,1-3H3. The van der Waals surface area contributed by atoms with E-state index >= 15 is 0 Å². The van der Waals surface area contributed by atoms with Crippen LogP contribution < -0.4 is 4.74 Å². The third-order valence-electron chi connectivity index (χ3n) is 3.39. The number of nitrogens with zero attached hydrogens (tertiary/aromatic N) is 3. The molecule has 7 nitrogen and oxygen atoms in total. The van der Waals surface area contributed by atoms with Crippen LogP contribution in [0.2, 0.25) is 0 Å². The zero-order chi connectivity index (χ0) is 16.2. The molecule has 1 aliphatic heterocycles. The van der Waals surface area contributed by atoms with E-state index in [9.17, 15) is 9.59 Å². The van der Waals surface area contributed by atoms with Crippen LogP contribution >= 0.6 is 0 Å². The van der Waals surface area contributed by atoms with Crippen molar-refractivity contribution in [1.29, 1.82) is 0 Å². The number of piperidine rings is 1. The van der Waals surface area contributed by atoms with Gasteiger partial charge >= 0.3 is 12.0 Å². The number of carbonyl (C=O) groups excluding carboxylic acids is 2. The summed E-state index contributed by atoms with van der Waals surface area (Å²) in [4.78, 5) is 33.3. The van der Waals surface area contributed by atoms with Gasteiger partial charge in [0.2, 0.25) is 0 Å².